The lowest BCUT2D eigenvalue weighted by Crippen LogP contribution is -2.54. The molecule has 6 rings (SSSR count). The molecular formula is C27H46N2O2. The molecule has 12 atom stereocenters. The molecular weight excluding hydrogens is 384 g/mol. The van der Waals surface area contributed by atoms with E-state index in [-0.39, 0.29) is 6.10 Å². The highest BCUT2D eigenvalue weighted by molar-refractivity contribution is 5.21. The highest BCUT2D eigenvalue weighted by atomic mass is 16.3. The molecule has 3 unspecified atom stereocenters. The van der Waals surface area contributed by atoms with E-state index in [0.717, 1.165) is 92.9 Å². The SMILES string of the molecule is CC1C2[C@H]1[C@H](C(O)CN1CCNCC1)[C@@]1(C)CC[C@H]3[C@@H](CC[C@@H]4C[C@](C)(O)CC[C@@H]43)[C@H]21. The molecule has 31 heavy (non-hydrogen) atoms. The van der Waals surface area contributed by atoms with Crippen molar-refractivity contribution in [2.75, 3.05) is 32.7 Å². The molecule has 1 aliphatic heterocycles. The normalized spacial score (nSPS) is 57.4. The van der Waals surface area contributed by atoms with Crippen LogP contribution in [0.3, 0.4) is 0 Å². The van der Waals surface area contributed by atoms with Crippen LogP contribution < -0.4 is 5.32 Å². The summed E-state index contributed by atoms with van der Waals surface area (Å²) in [4.78, 5) is 2.50. The topological polar surface area (TPSA) is 55.7 Å². The highest BCUT2D eigenvalue weighted by Crippen LogP contribution is 2.77. The maximum Gasteiger partial charge on any atom is 0.0703 e. The van der Waals surface area contributed by atoms with E-state index < -0.39 is 5.60 Å². The molecule has 4 heteroatoms. The van der Waals surface area contributed by atoms with Gasteiger partial charge in [-0.2, -0.15) is 0 Å². The van der Waals surface area contributed by atoms with Crippen LogP contribution in [0.1, 0.15) is 65.7 Å². The molecule has 5 saturated carbocycles. The summed E-state index contributed by atoms with van der Waals surface area (Å²) in [6.45, 7) is 12.4. The number of aliphatic hydroxyl groups excluding tert-OH is 1. The fourth-order valence-corrected chi connectivity index (χ4v) is 10.5. The maximum atomic E-state index is 11.6. The van der Waals surface area contributed by atoms with Crippen LogP contribution in [0, 0.1) is 58.7 Å². The second-order valence-corrected chi connectivity index (χ2v) is 13.3. The van der Waals surface area contributed by atoms with E-state index in [2.05, 4.69) is 31.0 Å². The van der Waals surface area contributed by atoms with Crippen LogP contribution in [0.25, 0.3) is 0 Å². The Labute approximate surface area is 189 Å². The zero-order valence-electron chi connectivity index (χ0n) is 20.1. The van der Waals surface area contributed by atoms with Crippen LogP contribution in [-0.4, -0.2) is 59.5 Å². The summed E-state index contributed by atoms with van der Waals surface area (Å²) < 4.78 is 0. The number of piperazine rings is 1. The molecule has 0 amide bonds. The van der Waals surface area contributed by atoms with Gasteiger partial charge in [0.05, 0.1) is 11.7 Å². The minimum absolute atomic E-state index is 0.150. The summed E-state index contributed by atoms with van der Waals surface area (Å²) in [7, 11) is 0. The van der Waals surface area contributed by atoms with Gasteiger partial charge in [-0.25, -0.2) is 0 Å². The molecule has 176 valence electrons. The van der Waals surface area contributed by atoms with Crippen molar-refractivity contribution < 1.29 is 10.2 Å². The average Bonchev–Trinajstić information content (AvgIpc) is 3.25. The van der Waals surface area contributed by atoms with Crippen molar-refractivity contribution in [3.8, 4) is 0 Å². The van der Waals surface area contributed by atoms with Gasteiger partial charge in [0.2, 0.25) is 0 Å². The smallest absolute Gasteiger partial charge is 0.0703 e. The number of nitrogens with zero attached hydrogens (tertiary/aromatic N) is 1. The van der Waals surface area contributed by atoms with Gasteiger partial charge in [0.25, 0.3) is 0 Å². The Hall–Kier alpha value is -0.160. The third kappa shape index (κ3) is 3.29. The first kappa shape index (κ1) is 21.4. The molecule has 3 N–H and O–H groups in total. The Morgan fingerprint density at radius 3 is 2.48 bits per heavy atom. The number of hydrogen-bond donors (Lipinski definition) is 3. The monoisotopic (exact) mass is 430 g/mol. The van der Waals surface area contributed by atoms with Crippen molar-refractivity contribution in [2.24, 2.45) is 58.7 Å². The van der Waals surface area contributed by atoms with E-state index >= 15 is 0 Å². The van der Waals surface area contributed by atoms with Crippen molar-refractivity contribution in [2.45, 2.75) is 77.4 Å². The molecule has 5 aliphatic carbocycles. The van der Waals surface area contributed by atoms with Gasteiger partial charge in [-0.15, -0.1) is 0 Å². The van der Waals surface area contributed by atoms with Crippen LogP contribution >= 0.6 is 0 Å². The molecule has 1 saturated heterocycles. The van der Waals surface area contributed by atoms with Gasteiger partial charge in [0.15, 0.2) is 0 Å². The standard InChI is InChI=1S/C27H46N2O2/c1-16-22-23(16)25(21(30)15-29-12-10-28-11-13-29)27(3)9-7-19-18-6-8-26(2,31)14-17(18)4-5-20(19)24(22)27/h16-25,28,30-31H,4-15H2,1-3H3/t16?,17-,18+,19-,20-,21?,22?,23+,24-,25+,26-,27+/m1/s1. The largest absolute Gasteiger partial charge is 0.391 e. The molecule has 0 radical (unpaired) electrons. The molecule has 6 fully saturated rings. The quantitative estimate of drug-likeness (QED) is 0.643. The van der Waals surface area contributed by atoms with Crippen molar-refractivity contribution in [1.82, 2.24) is 10.2 Å². The van der Waals surface area contributed by atoms with Gasteiger partial charge in [-0.05, 0) is 111 Å². The van der Waals surface area contributed by atoms with Gasteiger partial charge in [0.1, 0.15) is 0 Å². The molecule has 1 heterocycles. The zero-order chi connectivity index (χ0) is 21.5. The molecule has 4 nitrogen and oxygen atoms in total. The Kier molecular flexibility index (Phi) is 5.12. The number of rotatable bonds is 3. The van der Waals surface area contributed by atoms with Gasteiger partial charge in [0, 0.05) is 32.7 Å². The van der Waals surface area contributed by atoms with Crippen LogP contribution in [0.4, 0.5) is 0 Å². The second-order valence-electron chi connectivity index (χ2n) is 13.3. The molecule has 0 spiro atoms. The molecule has 6 aliphatic rings. The molecule has 0 aromatic heterocycles. The predicted octanol–water partition coefficient (Wildman–Crippen LogP) is 3.37. The first-order valence-electron chi connectivity index (χ1n) is 13.6. The lowest BCUT2D eigenvalue weighted by atomic mass is 9.47. The molecule has 0 aromatic rings. The van der Waals surface area contributed by atoms with E-state index in [1.54, 1.807) is 0 Å². The predicted molar refractivity (Wildman–Crippen MR) is 123 cm³/mol. The lowest BCUT2D eigenvalue weighted by Gasteiger charge is -2.58. The van der Waals surface area contributed by atoms with Crippen LogP contribution in [-0.2, 0) is 0 Å². The number of hydrogen-bond acceptors (Lipinski definition) is 4. The van der Waals surface area contributed by atoms with Gasteiger partial charge in [-0.1, -0.05) is 13.8 Å². The molecule has 0 bridgehead atoms. The lowest BCUT2D eigenvalue weighted by molar-refractivity contribution is -0.122. The summed E-state index contributed by atoms with van der Waals surface area (Å²) >= 11 is 0. The zero-order valence-corrected chi connectivity index (χ0v) is 20.1. The van der Waals surface area contributed by atoms with Crippen LogP contribution in [0.5, 0.6) is 0 Å². The van der Waals surface area contributed by atoms with Gasteiger partial charge in [-0.3, -0.25) is 4.90 Å². The van der Waals surface area contributed by atoms with Crippen molar-refractivity contribution in [3.05, 3.63) is 0 Å². The Bertz CT molecular complexity index is 691. The Morgan fingerprint density at radius 2 is 1.71 bits per heavy atom. The maximum absolute atomic E-state index is 11.6. The Balaban J connectivity index is 1.22. The summed E-state index contributed by atoms with van der Waals surface area (Å²) in [5, 5.41) is 25.7. The van der Waals surface area contributed by atoms with E-state index in [0.29, 0.717) is 11.3 Å². The summed E-state index contributed by atoms with van der Waals surface area (Å²) in [5.74, 6) is 7.24. The van der Waals surface area contributed by atoms with Crippen molar-refractivity contribution in [3.63, 3.8) is 0 Å². The first-order valence-corrected chi connectivity index (χ1v) is 13.6. The van der Waals surface area contributed by atoms with Crippen LogP contribution in [0.2, 0.25) is 0 Å². The Morgan fingerprint density at radius 1 is 0.968 bits per heavy atom. The fraction of sp³-hybridized carbons (Fsp3) is 1.00. The van der Waals surface area contributed by atoms with E-state index in [1.165, 1.54) is 32.1 Å². The third-order valence-electron chi connectivity index (χ3n) is 11.7. The van der Waals surface area contributed by atoms with Gasteiger partial charge < -0.3 is 15.5 Å². The van der Waals surface area contributed by atoms with E-state index in [9.17, 15) is 10.2 Å². The minimum atomic E-state index is -0.417. The number of aliphatic hydroxyl groups is 2. The van der Waals surface area contributed by atoms with Crippen LogP contribution in [0.15, 0.2) is 0 Å². The average molecular weight is 431 g/mol. The fourth-order valence-electron chi connectivity index (χ4n) is 10.5. The van der Waals surface area contributed by atoms with Crippen molar-refractivity contribution in [1.29, 1.82) is 0 Å². The number of β-amino-alcohol motifs (C(OH)–C–C–N with tert-alkyl or cyclic N) is 1. The van der Waals surface area contributed by atoms with E-state index in [1.807, 2.05) is 0 Å². The first-order chi connectivity index (χ1) is 14.8. The third-order valence-corrected chi connectivity index (χ3v) is 11.7. The number of nitrogens with one attached hydrogen (secondary N) is 1. The van der Waals surface area contributed by atoms with E-state index in [4.69, 9.17) is 0 Å². The van der Waals surface area contributed by atoms with Crippen molar-refractivity contribution >= 4 is 0 Å². The number of fused-ring (bicyclic) bond motifs is 7. The summed E-state index contributed by atoms with van der Waals surface area (Å²) in [6, 6.07) is 0. The minimum Gasteiger partial charge on any atom is -0.391 e. The highest BCUT2D eigenvalue weighted by Gasteiger charge is 2.73. The molecule has 0 aromatic carbocycles. The van der Waals surface area contributed by atoms with Gasteiger partial charge >= 0.3 is 0 Å². The second kappa shape index (κ2) is 7.42. The summed E-state index contributed by atoms with van der Waals surface area (Å²) in [5.41, 5.74) is -0.0662. The summed E-state index contributed by atoms with van der Waals surface area (Å²) in [6.07, 6.45) is 8.59.